The number of carbonyl (C=O) groups is 2. The maximum Gasteiger partial charge on any atom is 0.410 e. The summed E-state index contributed by atoms with van der Waals surface area (Å²) >= 11 is 0. The SMILES string of the molecule is CCCNC(=O)c1cc(F)c(-c2cc3cnn(C4CCN(C(=O)OC(C)C)CC4)c3cn2)cc1F. The van der Waals surface area contributed by atoms with Crippen molar-refractivity contribution < 1.29 is 23.1 Å². The average molecular weight is 486 g/mol. The smallest absolute Gasteiger partial charge is 0.410 e. The first-order chi connectivity index (χ1) is 16.8. The number of carbonyl (C=O) groups excluding carboxylic acids is 2. The number of likely N-dealkylation sites (tertiary alicyclic amines) is 1. The van der Waals surface area contributed by atoms with Crippen molar-refractivity contribution in [3.05, 3.63) is 47.8 Å². The van der Waals surface area contributed by atoms with Crippen molar-refractivity contribution in [1.29, 1.82) is 0 Å². The molecular weight excluding hydrogens is 456 g/mol. The molecule has 0 radical (unpaired) electrons. The highest BCUT2D eigenvalue weighted by molar-refractivity contribution is 5.95. The Morgan fingerprint density at radius 3 is 2.57 bits per heavy atom. The van der Waals surface area contributed by atoms with E-state index in [1.165, 1.54) is 0 Å². The number of amides is 2. The summed E-state index contributed by atoms with van der Waals surface area (Å²) in [6.45, 7) is 7.01. The van der Waals surface area contributed by atoms with Gasteiger partial charge in [-0.25, -0.2) is 13.6 Å². The maximum absolute atomic E-state index is 14.8. The molecule has 1 aromatic carbocycles. The van der Waals surface area contributed by atoms with E-state index in [0.717, 1.165) is 23.0 Å². The number of piperidine rings is 1. The summed E-state index contributed by atoms with van der Waals surface area (Å²) in [4.78, 5) is 30.3. The summed E-state index contributed by atoms with van der Waals surface area (Å²) in [5, 5.41) is 7.79. The predicted octanol–water partition coefficient (Wildman–Crippen LogP) is 4.70. The summed E-state index contributed by atoms with van der Waals surface area (Å²) in [6, 6.07) is 3.64. The van der Waals surface area contributed by atoms with Gasteiger partial charge in [-0.3, -0.25) is 14.5 Å². The van der Waals surface area contributed by atoms with Gasteiger partial charge in [-0.05, 0) is 51.3 Å². The van der Waals surface area contributed by atoms with Gasteiger partial charge < -0.3 is 15.0 Å². The fourth-order valence-electron chi connectivity index (χ4n) is 4.20. The molecule has 1 aliphatic heterocycles. The average Bonchev–Trinajstić information content (AvgIpc) is 3.26. The minimum Gasteiger partial charge on any atom is -0.447 e. The van der Waals surface area contributed by atoms with Gasteiger partial charge in [-0.15, -0.1) is 0 Å². The molecule has 1 aliphatic rings. The van der Waals surface area contributed by atoms with E-state index in [2.05, 4.69) is 15.4 Å². The third kappa shape index (κ3) is 5.26. The van der Waals surface area contributed by atoms with Crippen LogP contribution in [-0.2, 0) is 4.74 Å². The Morgan fingerprint density at radius 1 is 1.14 bits per heavy atom. The molecule has 3 aromatic rings. The van der Waals surface area contributed by atoms with E-state index in [1.54, 1.807) is 23.4 Å². The normalized spacial score (nSPS) is 14.5. The summed E-state index contributed by atoms with van der Waals surface area (Å²) < 4.78 is 36.6. The minimum atomic E-state index is -0.810. The van der Waals surface area contributed by atoms with Crippen molar-refractivity contribution in [2.45, 2.75) is 52.2 Å². The van der Waals surface area contributed by atoms with Gasteiger partial charge in [-0.1, -0.05) is 6.92 Å². The van der Waals surface area contributed by atoms with E-state index < -0.39 is 17.5 Å². The van der Waals surface area contributed by atoms with Crippen molar-refractivity contribution in [2.75, 3.05) is 19.6 Å². The van der Waals surface area contributed by atoms with Crippen molar-refractivity contribution in [1.82, 2.24) is 25.0 Å². The second kappa shape index (κ2) is 10.4. The Bertz CT molecular complexity index is 1240. The number of hydrogen-bond acceptors (Lipinski definition) is 5. The van der Waals surface area contributed by atoms with E-state index in [0.29, 0.717) is 38.9 Å². The highest BCUT2D eigenvalue weighted by Gasteiger charge is 2.27. The fourth-order valence-corrected chi connectivity index (χ4v) is 4.20. The fraction of sp³-hybridized carbons (Fsp3) is 0.440. The number of halogens is 2. The van der Waals surface area contributed by atoms with Crippen LogP contribution in [0.4, 0.5) is 13.6 Å². The van der Waals surface area contributed by atoms with Gasteiger partial charge in [0, 0.05) is 30.6 Å². The standard InChI is InChI=1S/C25H29F2N5O3/c1-4-7-28-24(33)19-12-20(26)18(11-21(19)27)22-10-16-13-30-32(23(16)14-29-22)17-5-8-31(9-6-17)25(34)35-15(2)3/h10-15,17H,4-9H2,1-3H3,(H,28,33). The third-order valence-electron chi connectivity index (χ3n) is 6.00. The first-order valence-corrected chi connectivity index (χ1v) is 11.8. The molecule has 10 heteroatoms. The number of ether oxygens (including phenoxy) is 1. The van der Waals surface area contributed by atoms with Gasteiger partial charge in [0.15, 0.2) is 0 Å². The Labute approximate surface area is 202 Å². The number of hydrogen-bond donors (Lipinski definition) is 1. The second-order valence-electron chi connectivity index (χ2n) is 8.94. The van der Waals surface area contributed by atoms with Crippen molar-refractivity contribution in [3.63, 3.8) is 0 Å². The van der Waals surface area contributed by atoms with Crippen LogP contribution in [0.25, 0.3) is 22.2 Å². The number of pyridine rings is 1. The largest absolute Gasteiger partial charge is 0.447 e. The Kier molecular flexibility index (Phi) is 7.28. The van der Waals surface area contributed by atoms with Crippen molar-refractivity contribution in [2.24, 2.45) is 0 Å². The van der Waals surface area contributed by atoms with Crippen LogP contribution in [0.3, 0.4) is 0 Å². The molecule has 1 N–H and O–H groups in total. The molecule has 4 rings (SSSR count). The van der Waals surface area contributed by atoms with Crippen LogP contribution in [0, 0.1) is 11.6 Å². The summed E-state index contributed by atoms with van der Waals surface area (Å²) in [6.07, 6.45) is 4.91. The number of rotatable bonds is 6. The van der Waals surface area contributed by atoms with Crippen molar-refractivity contribution in [3.8, 4) is 11.3 Å². The van der Waals surface area contributed by atoms with Gasteiger partial charge in [0.05, 0.1) is 41.3 Å². The molecule has 2 amide bonds. The summed E-state index contributed by atoms with van der Waals surface area (Å²) in [5.41, 5.74) is 0.659. The zero-order valence-corrected chi connectivity index (χ0v) is 20.1. The zero-order chi connectivity index (χ0) is 25.1. The van der Waals surface area contributed by atoms with Gasteiger partial charge in [-0.2, -0.15) is 5.10 Å². The van der Waals surface area contributed by atoms with Gasteiger partial charge in [0.2, 0.25) is 0 Å². The van der Waals surface area contributed by atoms with Crippen LogP contribution >= 0.6 is 0 Å². The molecule has 1 saturated heterocycles. The lowest BCUT2D eigenvalue weighted by molar-refractivity contribution is 0.0656. The van der Waals surface area contributed by atoms with E-state index in [-0.39, 0.29) is 35.1 Å². The van der Waals surface area contributed by atoms with Crippen LogP contribution in [0.15, 0.2) is 30.6 Å². The molecule has 1 fully saturated rings. The second-order valence-corrected chi connectivity index (χ2v) is 8.94. The highest BCUT2D eigenvalue weighted by Crippen LogP contribution is 2.30. The van der Waals surface area contributed by atoms with E-state index in [1.807, 2.05) is 25.5 Å². The lowest BCUT2D eigenvalue weighted by Crippen LogP contribution is -2.40. The Morgan fingerprint density at radius 2 is 1.89 bits per heavy atom. The number of fused-ring (bicyclic) bond motifs is 1. The molecule has 0 saturated carbocycles. The molecule has 3 heterocycles. The third-order valence-corrected chi connectivity index (χ3v) is 6.00. The van der Waals surface area contributed by atoms with Crippen LogP contribution in [0.5, 0.6) is 0 Å². The molecule has 0 spiro atoms. The summed E-state index contributed by atoms with van der Waals surface area (Å²) in [7, 11) is 0. The van der Waals surface area contributed by atoms with Crippen LogP contribution in [0.1, 0.15) is 56.4 Å². The maximum atomic E-state index is 14.8. The molecule has 2 aromatic heterocycles. The monoisotopic (exact) mass is 485 g/mol. The lowest BCUT2D eigenvalue weighted by Gasteiger charge is -2.32. The topological polar surface area (TPSA) is 89.4 Å². The predicted molar refractivity (Wildman–Crippen MR) is 127 cm³/mol. The van der Waals surface area contributed by atoms with E-state index in [9.17, 15) is 18.4 Å². The molecular formula is C25H29F2N5O3. The molecule has 8 nitrogen and oxygen atoms in total. The number of nitrogens with zero attached hydrogens (tertiary/aromatic N) is 4. The first kappa shape index (κ1) is 24.6. The molecule has 0 aliphatic carbocycles. The molecule has 0 unspecified atom stereocenters. The molecule has 0 atom stereocenters. The van der Waals surface area contributed by atoms with Crippen LogP contribution < -0.4 is 5.32 Å². The van der Waals surface area contributed by atoms with Gasteiger partial charge >= 0.3 is 6.09 Å². The molecule has 186 valence electrons. The van der Waals surface area contributed by atoms with E-state index >= 15 is 0 Å². The Hall–Kier alpha value is -3.56. The van der Waals surface area contributed by atoms with E-state index in [4.69, 9.17) is 4.74 Å². The first-order valence-electron chi connectivity index (χ1n) is 11.8. The summed E-state index contributed by atoms with van der Waals surface area (Å²) in [5.74, 6) is -2.19. The quantitative estimate of drug-likeness (QED) is 0.547. The molecule has 35 heavy (non-hydrogen) atoms. The number of aromatic nitrogens is 3. The van der Waals surface area contributed by atoms with Gasteiger partial charge in [0.1, 0.15) is 11.6 Å². The molecule has 0 bridgehead atoms. The Balaban J connectivity index is 1.52. The number of nitrogens with one attached hydrogen (secondary N) is 1. The van der Waals surface area contributed by atoms with Crippen molar-refractivity contribution >= 4 is 22.9 Å². The zero-order valence-electron chi connectivity index (χ0n) is 20.1. The van der Waals surface area contributed by atoms with Crippen LogP contribution in [0.2, 0.25) is 0 Å². The van der Waals surface area contributed by atoms with Crippen LogP contribution in [-0.4, -0.2) is 57.4 Å². The minimum absolute atomic E-state index is 0.0267. The lowest BCUT2D eigenvalue weighted by atomic mass is 10.0. The number of benzene rings is 1. The highest BCUT2D eigenvalue weighted by atomic mass is 19.1. The van der Waals surface area contributed by atoms with Gasteiger partial charge in [0.25, 0.3) is 5.91 Å².